The van der Waals surface area contributed by atoms with Crippen molar-refractivity contribution >= 4 is 5.91 Å². The molecular weight excluding hydrogens is 338 g/mol. The molecule has 0 bridgehead atoms. The fourth-order valence-corrected chi connectivity index (χ4v) is 2.76. The monoisotopic (exact) mass is 363 g/mol. The molecule has 0 aliphatic heterocycles. The van der Waals surface area contributed by atoms with Crippen molar-refractivity contribution in [1.29, 1.82) is 0 Å². The number of hydrogen-bond acceptors (Lipinski definition) is 3. The van der Waals surface area contributed by atoms with E-state index in [9.17, 15) is 4.79 Å². The van der Waals surface area contributed by atoms with Crippen molar-refractivity contribution < 1.29 is 9.53 Å². The summed E-state index contributed by atoms with van der Waals surface area (Å²) in [6.07, 6.45) is 1.92. The van der Waals surface area contributed by atoms with Crippen molar-refractivity contribution in [2.75, 3.05) is 0 Å². The standard InChI is InChI=1S/C22H25N3O2/c1-2-6-20-13-21(25-24-20)22(26)23-14-17-9-11-19(12-10-17)16-27-15-18-7-4-3-5-8-18/h3-5,7-13H,2,6,14-16H2,1H3,(H,23,26)(H,24,25). The first-order chi connectivity index (χ1) is 13.2. The Labute approximate surface area is 159 Å². The van der Waals surface area contributed by atoms with Crippen LogP contribution in [0.2, 0.25) is 0 Å². The average molecular weight is 363 g/mol. The summed E-state index contributed by atoms with van der Waals surface area (Å²) in [5, 5.41) is 9.87. The van der Waals surface area contributed by atoms with Gasteiger partial charge in [-0.2, -0.15) is 5.10 Å². The lowest BCUT2D eigenvalue weighted by molar-refractivity contribution is 0.0945. The third-order valence-electron chi connectivity index (χ3n) is 4.24. The van der Waals surface area contributed by atoms with Gasteiger partial charge in [-0.05, 0) is 29.2 Å². The minimum Gasteiger partial charge on any atom is -0.372 e. The fraction of sp³-hybridized carbons (Fsp3) is 0.273. The van der Waals surface area contributed by atoms with E-state index in [0.717, 1.165) is 35.2 Å². The molecule has 0 saturated heterocycles. The molecule has 0 saturated carbocycles. The lowest BCUT2D eigenvalue weighted by atomic mass is 10.1. The van der Waals surface area contributed by atoms with Crippen LogP contribution < -0.4 is 5.32 Å². The van der Waals surface area contributed by atoms with Gasteiger partial charge in [0.05, 0.1) is 13.2 Å². The average Bonchev–Trinajstić information content (AvgIpc) is 3.17. The Morgan fingerprint density at radius 1 is 1.00 bits per heavy atom. The zero-order valence-electron chi connectivity index (χ0n) is 15.6. The minimum atomic E-state index is -0.163. The predicted molar refractivity (Wildman–Crippen MR) is 105 cm³/mol. The summed E-state index contributed by atoms with van der Waals surface area (Å²) in [5.41, 5.74) is 4.74. The van der Waals surface area contributed by atoms with Crippen LogP contribution in [-0.2, 0) is 30.9 Å². The Bertz CT molecular complexity index is 842. The highest BCUT2D eigenvalue weighted by atomic mass is 16.5. The molecule has 0 unspecified atom stereocenters. The van der Waals surface area contributed by atoms with Crippen molar-refractivity contribution in [3.63, 3.8) is 0 Å². The van der Waals surface area contributed by atoms with Crippen LogP contribution in [-0.4, -0.2) is 16.1 Å². The molecule has 27 heavy (non-hydrogen) atoms. The number of nitrogens with one attached hydrogen (secondary N) is 2. The second kappa shape index (κ2) is 9.69. The highest BCUT2D eigenvalue weighted by molar-refractivity contribution is 5.92. The van der Waals surface area contributed by atoms with Gasteiger partial charge in [0.25, 0.3) is 5.91 Å². The molecule has 0 spiro atoms. The van der Waals surface area contributed by atoms with Gasteiger partial charge >= 0.3 is 0 Å². The maximum Gasteiger partial charge on any atom is 0.272 e. The van der Waals surface area contributed by atoms with Crippen LogP contribution in [0.1, 0.15) is 46.2 Å². The molecule has 1 aromatic heterocycles. The van der Waals surface area contributed by atoms with Crippen LogP contribution in [0.15, 0.2) is 60.7 Å². The van der Waals surface area contributed by atoms with Gasteiger partial charge in [0.1, 0.15) is 5.69 Å². The van der Waals surface area contributed by atoms with E-state index in [1.165, 1.54) is 0 Å². The quantitative estimate of drug-likeness (QED) is 0.604. The number of aromatic nitrogens is 2. The maximum atomic E-state index is 12.2. The third kappa shape index (κ3) is 5.79. The van der Waals surface area contributed by atoms with E-state index in [-0.39, 0.29) is 5.91 Å². The van der Waals surface area contributed by atoms with Crippen LogP contribution in [0, 0.1) is 0 Å². The zero-order chi connectivity index (χ0) is 18.9. The van der Waals surface area contributed by atoms with Gasteiger partial charge < -0.3 is 10.1 Å². The minimum absolute atomic E-state index is 0.163. The van der Waals surface area contributed by atoms with E-state index in [4.69, 9.17) is 4.74 Å². The highest BCUT2D eigenvalue weighted by Crippen LogP contribution is 2.09. The Balaban J connectivity index is 1.43. The van der Waals surface area contributed by atoms with Gasteiger partial charge in [-0.15, -0.1) is 0 Å². The molecule has 1 heterocycles. The molecule has 3 aromatic rings. The fourth-order valence-electron chi connectivity index (χ4n) is 2.76. The molecule has 0 fully saturated rings. The number of hydrogen-bond donors (Lipinski definition) is 2. The summed E-state index contributed by atoms with van der Waals surface area (Å²) in [5.74, 6) is -0.163. The summed E-state index contributed by atoms with van der Waals surface area (Å²) in [6, 6.07) is 20.0. The largest absolute Gasteiger partial charge is 0.372 e. The van der Waals surface area contributed by atoms with Gasteiger partial charge in [0.15, 0.2) is 0 Å². The van der Waals surface area contributed by atoms with Crippen LogP contribution in [0.4, 0.5) is 0 Å². The third-order valence-corrected chi connectivity index (χ3v) is 4.24. The molecule has 0 atom stereocenters. The summed E-state index contributed by atoms with van der Waals surface area (Å²) < 4.78 is 5.74. The first kappa shape index (κ1) is 18.9. The molecule has 2 N–H and O–H groups in total. The molecule has 5 heteroatoms. The molecule has 5 nitrogen and oxygen atoms in total. The number of H-pyrrole nitrogens is 1. The lowest BCUT2D eigenvalue weighted by Gasteiger charge is -2.07. The van der Waals surface area contributed by atoms with E-state index in [1.54, 1.807) is 0 Å². The van der Waals surface area contributed by atoms with E-state index in [0.29, 0.717) is 25.5 Å². The second-order valence-electron chi connectivity index (χ2n) is 6.51. The van der Waals surface area contributed by atoms with Crippen molar-refractivity contribution in [2.24, 2.45) is 0 Å². The van der Waals surface area contributed by atoms with Crippen molar-refractivity contribution in [2.45, 2.75) is 39.5 Å². The van der Waals surface area contributed by atoms with E-state index in [1.807, 2.05) is 48.5 Å². The number of rotatable bonds is 9. The van der Waals surface area contributed by atoms with E-state index in [2.05, 4.69) is 34.6 Å². The van der Waals surface area contributed by atoms with Crippen LogP contribution in [0.25, 0.3) is 0 Å². The van der Waals surface area contributed by atoms with Crippen molar-refractivity contribution in [3.05, 3.63) is 88.7 Å². The SMILES string of the molecule is CCCc1cc(C(=O)NCc2ccc(COCc3ccccc3)cc2)n[nH]1. The number of nitrogens with zero attached hydrogens (tertiary/aromatic N) is 1. The van der Waals surface area contributed by atoms with Gasteiger partial charge in [-0.25, -0.2) is 0 Å². The Kier molecular flexibility index (Phi) is 6.77. The number of aryl methyl sites for hydroxylation is 1. The molecule has 2 aromatic carbocycles. The van der Waals surface area contributed by atoms with E-state index >= 15 is 0 Å². The topological polar surface area (TPSA) is 67.0 Å². The molecule has 1 amide bonds. The summed E-state index contributed by atoms with van der Waals surface area (Å²) >= 11 is 0. The van der Waals surface area contributed by atoms with Gasteiger partial charge in [-0.1, -0.05) is 67.9 Å². The van der Waals surface area contributed by atoms with E-state index < -0.39 is 0 Å². The summed E-state index contributed by atoms with van der Waals surface area (Å²) in [7, 11) is 0. The second-order valence-corrected chi connectivity index (χ2v) is 6.51. The normalized spacial score (nSPS) is 10.7. The van der Waals surface area contributed by atoms with Crippen LogP contribution >= 0.6 is 0 Å². The van der Waals surface area contributed by atoms with Gasteiger partial charge in [0.2, 0.25) is 0 Å². The highest BCUT2D eigenvalue weighted by Gasteiger charge is 2.09. The number of carbonyl (C=O) groups is 1. The first-order valence-electron chi connectivity index (χ1n) is 9.26. The zero-order valence-corrected chi connectivity index (χ0v) is 15.6. The predicted octanol–water partition coefficient (Wildman–Crippen LogP) is 4.01. The van der Waals surface area contributed by atoms with Gasteiger partial charge in [-0.3, -0.25) is 9.89 Å². The lowest BCUT2D eigenvalue weighted by Crippen LogP contribution is -2.23. The van der Waals surface area contributed by atoms with Crippen molar-refractivity contribution in [3.8, 4) is 0 Å². The molecule has 0 aliphatic rings. The molecule has 0 radical (unpaired) electrons. The first-order valence-corrected chi connectivity index (χ1v) is 9.26. The Hall–Kier alpha value is -2.92. The van der Waals surface area contributed by atoms with Crippen molar-refractivity contribution in [1.82, 2.24) is 15.5 Å². The molecule has 3 rings (SSSR count). The Morgan fingerprint density at radius 2 is 1.67 bits per heavy atom. The molecular formula is C22H25N3O2. The number of benzene rings is 2. The van der Waals surface area contributed by atoms with Gasteiger partial charge in [0, 0.05) is 12.2 Å². The number of aromatic amines is 1. The molecule has 140 valence electrons. The summed E-state index contributed by atoms with van der Waals surface area (Å²) in [6.45, 7) is 3.73. The number of amides is 1. The van der Waals surface area contributed by atoms with Crippen LogP contribution in [0.5, 0.6) is 0 Å². The number of carbonyl (C=O) groups excluding carboxylic acids is 1. The maximum absolute atomic E-state index is 12.2. The Morgan fingerprint density at radius 3 is 2.37 bits per heavy atom. The summed E-state index contributed by atoms with van der Waals surface area (Å²) in [4.78, 5) is 12.2. The molecule has 0 aliphatic carbocycles. The van der Waals surface area contributed by atoms with Crippen LogP contribution in [0.3, 0.4) is 0 Å². The number of ether oxygens (including phenoxy) is 1. The smallest absolute Gasteiger partial charge is 0.272 e.